The van der Waals surface area contributed by atoms with Gasteiger partial charge in [0.05, 0.1) is 5.60 Å². The molecule has 1 N–H and O–H groups in total. The van der Waals surface area contributed by atoms with Crippen molar-refractivity contribution in [3.63, 3.8) is 0 Å². The predicted molar refractivity (Wildman–Crippen MR) is 104 cm³/mol. The van der Waals surface area contributed by atoms with Gasteiger partial charge < -0.3 is 5.11 Å². The van der Waals surface area contributed by atoms with Gasteiger partial charge in [0.15, 0.2) is 0 Å². The van der Waals surface area contributed by atoms with Gasteiger partial charge in [-0.25, -0.2) is 0 Å². The maximum atomic E-state index is 14.5. The highest BCUT2D eigenvalue weighted by atomic mass is 19.4. The van der Waals surface area contributed by atoms with Crippen molar-refractivity contribution in [3.8, 4) is 0 Å². The highest BCUT2D eigenvalue weighted by molar-refractivity contribution is 5.16. The zero-order valence-corrected chi connectivity index (χ0v) is 18.9. The lowest BCUT2D eigenvalue weighted by molar-refractivity contribution is -0.441. The van der Waals surface area contributed by atoms with Crippen molar-refractivity contribution in [1.29, 1.82) is 0 Å². The molecule has 36 heavy (non-hydrogen) atoms. The van der Waals surface area contributed by atoms with Crippen LogP contribution in [-0.4, -0.2) is 46.5 Å². The average molecular weight is 552 g/mol. The lowest BCUT2D eigenvalue weighted by atomic mass is 9.81. The largest absolute Gasteiger partial charge is 0.460 e. The first-order chi connectivity index (χ1) is 16.1. The Balaban J connectivity index is 3.34. The van der Waals surface area contributed by atoms with E-state index < -0.39 is 60.7 Å². The molecule has 1 aromatic rings. The van der Waals surface area contributed by atoms with Gasteiger partial charge in [-0.1, -0.05) is 62.9 Å². The number of halogens is 13. The molecule has 0 aliphatic heterocycles. The standard InChI is InChI=1S/C22H25F13O/c1-2-3-4-8-12-16(36,13-11-15-9-6-5-7-10-15)14-17(23,24)18(25,26)19(27,28)20(29,30)21(31,32)22(33,34)35/h5-7,9-10,36H,2-4,8,11-14H2,1H3. The quantitative estimate of drug-likeness (QED) is 0.181. The fourth-order valence-electron chi connectivity index (χ4n) is 3.53. The Morgan fingerprint density at radius 3 is 1.58 bits per heavy atom. The fraction of sp³-hybridized carbons (Fsp3) is 0.727. The Bertz CT molecular complexity index is 821. The molecule has 0 aliphatic carbocycles. The Hall–Kier alpha value is -1.73. The van der Waals surface area contributed by atoms with E-state index in [-0.39, 0.29) is 19.3 Å². The SMILES string of the molecule is CCCCCCC(O)(CCc1ccccc1)CC(F)(F)C(F)(F)C(F)(F)C(F)(F)C(F)(F)C(F)(F)F. The van der Waals surface area contributed by atoms with Gasteiger partial charge in [0, 0.05) is 6.42 Å². The maximum Gasteiger partial charge on any atom is 0.460 e. The van der Waals surface area contributed by atoms with Crippen LogP contribution in [0.4, 0.5) is 57.1 Å². The van der Waals surface area contributed by atoms with E-state index in [0.717, 1.165) is 0 Å². The summed E-state index contributed by atoms with van der Waals surface area (Å²) in [6.45, 7) is 1.75. The van der Waals surface area contributed by atoms with Gasteiger partial charge in [0.1, 0.15) is 0 Å². The highest BCUT2D eigenvalue weighted by Gasteiger charge is 2.90. The number of benzene rings is 1. The molecule has 1 atom stereocenters. The third kappa shape index (κ3) is 6.39. The van der Waals surface area contributed by atoms with Gasteiger partial charge in [0.25, 0.3) is 0 Å². The molecule has 0 saturated carbocycles. The summed E-state index contributed by atoms with van der Waals surface area (Å²) in [5.74, 6) is -37.3. The van der Waals surface area contributed by atoms with Crippen LogP contribution in [0.25, 0.3) is 0 Å². The number of unbranched alkanes of at least 4 members (excludes halogenated alkanes) is 3. The molecule has 0 bridgehead atoms. The van der Waals surface area contributed by atoms with E-state index in [1.807, 2.05) is 0 Å². The number of aryl methyl sites for hydroxylation is 1. The van der Waals surface area contributed by atoms with Crippen LogP contribution < -0.4 is 0 Å². The molecule has 1 unspecified atom stereocenters. The van der Waals surface area contributed by atoms with E-state index in [1.54, 1.807) is 13.0 Å². The second-order valence-electron chi connectivity index (χ2n) is 8.70. The van der Waals surface area contributed by atoms with Crippen LogP contribution in [0.1, 0.15) is 57.4 Å². The average Bonchev–Trinajstić information content (AvgIpc) is 2.74. The zero-order chi connectivity index (χ0) is 28.3. The molecule has 0 fully saturated rings. The van der Waals surface area contributed by atoms with Gasteiger partial charge in [0.2, 0.25) is 0 Å². The normalized spacial score (nSPS) is 16.2. The number of rotatable bonds is 14. The molecule has 210 valence electrons. The third-order valence-electron chi connectivity index (χ3n) is 5.77. The fourth-order valence-corrected chi connectivity index (χ4v) is 3.53. The van der Waals surface area contributed by atoms with Crippen LogP contribution in [-0.2, 0) is 6.42 Å². The van der Waals surface area contributed by atoms with Crippen molar-refractivity contribution < 1.29 is 62.2 Å². The molecule has 0 spiro atoms. The molecular formula is C22H25F13O. The summed E-state index contributed by atoms with van der Waals surface area (Å²) in [6, 6.07) is 7.48. The third-order valence-corrected chi connectivity index (χ3v) is 5.77. The van der Waals surface area contributed by atoms with Gasteiger partial charge in [-0.2, -0.15) is 57.1 Å². The van der Waals surface area contributed by atoms with E-state index >= 15 is 0 Å². The van der Waals surface area contributed by atoms with Crippen LogP contribution in [0.3, 0.4) is 0 Å². The molecule has 0 heterocycles. The van der Waals surface area contributed by atoms with Crippen molar-refractivity contribution >= 4 is 0 Å². The number of hydrogen-bond donors (Lipinski definition) is 1. The summed E-state index contributed by atoms with van der Waals surface area (Å²) >= 11 is 0. The molecule has 1 aromatic carbocycles. The second-order valence-corrected chi connectivity index (χ2v) is 8.70. The minimum absolute atomic E-state index is 0.0700. The number of aliphatic hydroxyl groups is 1. The lowest BCUT2D eigenvalue weighted by Crippen LogP contribution is -2.70. The predicted octanol–water partition coefficient (Wildman–Crippen LogP) is 8.45. The van der Waals surface area contributed by atoms with Crippen molar-refractivity contribution in [2.24, 2.45) is 0 Å². The van der Waals surface area contributed by atoms with Gasteiger partial charge in [-0.15, -0.1) is 0 Å². The van der Waals surface area contributed by atoms with E-state index in [1.165, 1.54) is 24.3 Å². The van der Waals surface area contributed by atoms with Crippen LogP contribution >= 0.6 is 0 Å². The molecule has 0 saturated heterocycles. The first-order valence-corrected chi connectivity index (χ1v) is 10.8. The van der Waals surface area contributed by atoms with Gasteiger partial charge >= 0.3 is 35.8 Å². The van der Waals surface area contributed by atoms with Crippen molar-refractivity contribution in [1.82, 2.24) is 0 Å². The first-order valence-electron chi connectivity index (χ1n) is 10.8. The molecule has 1 nitrogen and oxygen atoms in total. The van der Waals surface area contributed by atoms with E-state index in [9.17, 15) is 62.2 Å². The van der Waals surface area contributed by atoms with E-state index in [0.29, 0.717) is 18.4 Å². The minimum Gasteiger partial charge on any atom is -0.390 e. The number of alkyl halides is 13. The van der Waals surface area contributed by atoms with Crippen LogP contribution in [0.15, 0.2) is 30.3 Å². The summed E-state index contributed by atoms with van der Waals surface area (Å²) in [7, 11) is 0. The summed E-state index contributed by atoms with van der Waals surface area (Å²) in [5, 5.41) is 10.7. The van der Waals surface area contributed by atoms with Gasteiger partial charge in [-0.05, 0) is 24.8 Å². The van der Waals surface area contributed by atoms with E-state index in [2.05, 4.69) is 0 Å². The highest BCUT2D eigenvalue weighted by Crippen LogP contribution is 2.61. The monoisotopic (exact) mass is 552 g/mol. The second kappa shape index (κ2) is 10.9. The Labute approximate surface area is 198 Å². The zero-order valence-electron chi connectivity index (χ0n) is 18.9. The number of hydrogen-bond acceptors (Lipinski definition) is 1. The molecule has 1 rings (SSSR count). The maximum absolute atomic E-state index is 14.5. The Morgan fingerprint density at radius 1 is 0.611 bits per heavy atom. The first kappa shape index (κ1) is 32.3. The van der Waals surface area contributed by atoms with E-state index in [4.69, 9.17) is 0 Å². The smallest absolute Gasteiger partial charge is 0.390 e. The summed E-state index contributed by atoms with van der Waals surface area (Å²) in [5.41, 5.74) is -2.46. The summed E-state index contributed by atoms with van der Waals surface area (Å²) in [6.07, 6.45) is -10.4. The lowest BCUT2D eigenvalue weighted by Gasteiger charge is -2.42. The van der Waals surface area contributed by atoms with Crippen LogP contribution in [0.5, 0.6) is 0 Å². The van der Waals surface area contributed by atoms with Crippen molar-refractivity contribution in [3.05, 3.63) is 35.9 Å². The Morgan fingerprint density at radius 2 is 1.11 bits per heavy atom. The topological polar surface area (TPSA) is 20.2 Å². The molecule has 0 aliphatic rings. The Kier molecular flexibility index (Phi) is 9.82. The molecule has 0 radical (unpaired) electrons. The molecule has 0 aromatic heterocycles. The van der Waals surface area contributed by atoms with Crippen molar-refractivity contribution in [2.75, 3.05) is 0 Å². The van der Waals surface area contributed by atoms with Crippen LogP contribution in [0.2, 0.25) is 0 Å². The summed E-state index contributed by atoms with van der Waals surface area (Å²) in [4.78, 5) is 0. The molecular weight excluding hydrogens is 527 g/mol. The summed E-state index contributed by atoms with van der Waals surface area (Å²) < 4.78 is 175. The molecule has 14 heteroatoms. The van der Waals surface area contributed by atoms with Gasteiger partial charge in [-0.3, -0.25) is 0 Å². The van der Waals surface area contributed by atoms with Crippen LogP contribution in [0, 0.1) is 0 Å². The molecule has 0 amide bonds. The minimum atomic E-state index is -7.95. The van der Waals surface area contributed by atoms with Crippen molar-refractivity contribution in [2.45, 2.75) is 99.7 Å².